The molecule has 2 rings (SSSR count). The highest BCUT2D eigenvalue weighted by Crippen LogP contribution is 2.19. The van der Waals surface area contributed by atoms with Crippen molar-refractivity contribution in [1.29, 1.82) is 5.41 Å². The van der Waals surface area contributed by atoms with E-state index in [1.807, 2.05) is 24.1 Å². The van der Waals surface area contributed by atoms with Crippen LogP contribution in [0.15, 0.2) is 42.7 Å². The number of amidine groups is 1. The molecule has 0 unspecified atom stereocenters. The standard InChI is InChI=1S/C12H13N5/c1-17(12-15-7-2-8-16-12)10-5-3-9(4-6-10)11(13)14/h2-8H,1H3,(H3,13,14). The molecule has 0 bridgehead atoms. The van der Waals surface area contributed by atoms with Gasteiger partial charge in [0.1, 0.15) is 5.84 Å². The summed E-state index contributed by atoms with van der Waals surface area (Å²) in [6.45, 7) is 0. The van der Waals surface area contributed by atoms with Gasteiger partial charge in [-0.1, -0.05) is 0 Å². The van der Waals surface area contributed by atoms with Crippen molar-refractivity contribution < 1.29 is 0 Å². The number of nitrogen functional groups attached to an aromatic ring is 1. The van der Waals surface area contributed by atoms with E-state index in [2.05, 4.69) is 9.97 Å². The molecule has 1 heterocycles. The predicted octanol–water partition coefficient (Wildman–Crippen LogP) is 1.53. The smallest absolute Gasteiger partial charge is 0.229 e. The molecule has 0 amide bonds. The highest BCUT2D eigenvalue weighted by molar-refractivity contribution is 5.95. The fraction of sp³-hybridized carbons (Fsp3) is 0.0833. The van der Waals surface area contributed by atoms with Gasteiger partial charge in [-0.05, 0) is 30.3 Å². The summed E-state index contributed by atoms with van der Waals surface area (Å²) in [4.78, 5) is 10.2. The van der Waals surface area contributed by atoms with Crippen molar-refractivity contribution in [3.63, 3.8) is 0 Å². The molecule has 0 aliphatic carbocycles. The van der Waals surface area contributed by atoms with Gasteiger partial charge < -0.3 is 10.6 Å². The van der Waals surface area contributed by atoms with E-state index in [1.165, 1.54) is 0 Å². The highest BCUT2D eigenvalue weighted by atomic mass is 15.2. The van der Waals surface area contributed by atoms with Crippen LogP contribution < -0.4 is 10.6 Å². The van der Waals surface area contributed by atoms with Crippen LogP contribution in [0, 0.1) is 5.41 Å². The number of anilines is 2. The van der Waals surface area contributed by atoms with Crippen LogP contribution in [0.1, 0.15) is 5.56 Å². The Morgan fingerprint density at radius 2 is 1.76 bits per heavy atom. The summed E-state index contributed by atoms with van der Waals surface area (Å²) >= 11 is 0. The minimum Gasteiger partial charge on any atom is -0.384 e. The lowest BCUT2D eigenvalue weighted by Gasteiger charge is -2.16. The molecule has 17 heavy (non-hydrogen) atoms. The third-order valence-electron chi connectivity index (χ3n) is 2.42. The summed E-state index contributed by atoms with van der Waals surface area (Å²) in [5, 5.41) is 7.32. The van der Waals surface area contributed by atoms with E-state index in [-0.39, 0.29) is 5.84 Å². The molecule has 0 spiro atoms. The van der Waals surface area contributed by atoms with Gasteiger partial charge in [0, 0.05) is 30.7 Å². The van der Waals surface area contributed by atoms with Crippen molar-refractivity contribution in [2.24, 2.45) is 5.73 Å². The first-order valence-electron chi connectivity index (χ1n) is 5.13. The molecule has 3 N–H and O–H groups in total. The maximum absolute atomic E-state index is 7.32. The molecule has 0 fully saturated rings. The molecule has 0 radical (unpaired) electrons. The third-order valence-corrected chi connectivity index (χ3v) is 2.42. The lowest BCUT2D eigenvalue weighted by atomic mass is 10.2. The average Bonchev–Trinajstić information content (AvgIpc) is 2.39. The van der Waals surface area contributed by atoms with E-state index < -0.39 is 0 Å². The van der Waals surface area contributed by atoms with E-state index in [0.717, 1.165) is 5.69 Å². The van der Waals surface area contributed by atoms with E-state index in [1.54, 1.807) is 30.6 Å². The van der Waals surface area contributed by atoms with Crippen LogP contribution in [0.4, 0.5) is 11.6 Å². The number of nitrogens with one attached hydrogen (secondary N) is 1. The molecule has 1 aromatic heterocycles. The maximum Gasteiger partial charge on any atom is 0.229 e. The fourth-order valence-electron chi connectivity index (χ4n) is 1.44. The predicted molar refractivity (Wildman–Crippen MR) is 67.6 cm³/mol. The number of nitrogens with two attached hydrogens (primary N) is 1. The quantitative estimate of drug-likeness (QED) is 0.615. The van der Waals surface area contributed by atoms with Gasteiger partial charge in [-0.2, -0.15) is 0 Å². The van der Waals surface area contributed by atoms with Crippen molar-refractivity contribution in [2.75, 3.05) is 11.9 Å². The monoisotopic (exact) mass is 227 g/mol. The number of aromatic nitrogens is 2. The number of hydrogen-bond donors (Lipinski definition) is 2. The van der Waals surface area contributed by atoms with Crippen LogP contribution in [0.3, 0.4) is 0 Å². The second kappa shape index (κ2) is 4.61. The first-order valence-corrected chi connectivity index (χ1v) is 5.13. The zero-order chi connectivity index (χ0) is 12.3. The van der Waals surface area contributed by atoms with E-state index in [9.17, 15) is 0 Å². The van der Waals surface area contributed by atoms with E-state index in [4.69, 9.17) is 11.1 Å². The molecular weight excluding hydrogens is 214 g/mol. The fourth-order valence-corrected chi connectivity index (χ4v) is 1.44. The van der Waals surface area contributed by atoms with Crippen LogP contribution in [0.5, 0.6) is 0 Å². The molecule has 86 valence electrons. The van der Waals surface area contributed by atoms with Gasteiger partial charge in [0.05, 0.1) is 0 Å². The van der Waals surface area contributed by atoms with Gasteiger partial charge in [0.25, 0.3) is 0 Å². The summed E-state index contributed by atoms with van der Waals surface area (Å²) in [6, 6.07) is 9.14. The Morgan fingerprint density at radius 1 is 1.18 bits per heavy atom. The lowest BCUT2D eigenvalue weighted by Crippen LogP contribution is -2.14. The number of hydrogen-bond acceptors (Lipinski definition) is 4. The van der Waals surface area contributed by atoms with E-state index >= 15 is 0 Å². The Kier molecular flexibility index (Phi) is 3.00. The number of benzene rings is 1. The summed E-state index contributed by atoms with van der Waals surface area (Å²) in [7, 11) is 1.89. The van der Waals surface area contributed by atoms with E-state index in [0.29, 0.717) is 11.5 Å². The van der Waals surface area contributed by atoms with Crippen molar-refractivity contribution in [1.82, 2.24) is 9.97 Å². The van der Waals surface area contributed by atoms with Gasteiger partial charge >= 0.3 is 0 Å². The second-order valence-corrected chi connectivity index (χ2v) is 3.57. The molecule has 0 aliphatic rings. The SMILES string of the molecule is CN(c1ccc(C(=N)N)cc1)c1ncccn1. The van der Waals surface area contributed by atoms with Gasteiger partial charge in [-0.25, -0.2) is 9.97 Å². The van der Waals surface area contributed by atoms with Crippen LogP contribution in [-0.4, -0.2) is 22.9 Å². The molecule has 5 nitrogen and oxygen atoms in total. The largest absolute Gasteiger partial charge is 0.384 e. The summed E-state index contributed by atoms with van der Waals surface area (Å²) in [5.41, 5.74) is 7.05. The molecule has 5 heteroatoms. The first kappa shape index (κ1) is 11.1. The topological polar surface area (TPSA) is 78.9 Å². The minimum atomic E-state index is 0.0650. The molecule has 0 saturated heterocycles. The Bertz CT molecular complexity index is 506. The Labute approximate surface area is 99.4 Å². The zero-order valence-electron chi connectivity index (χ0n) is 9.46. The van der Waals surface area contributed by atoms with Gasteiger partial charge in [-0.3, -0.25) is 5.41 Å². The van der Waals surface area contributed by atoms with Gasteiger partial charge in [0.15, 0.2) is 0 Å². The Hall–Kier alpha value is -2.43. The summed E-state index contributed by atoms with van der Waals surface area (Å²) < 4.78 is 0. The van der Waals surface area contributed by atoms with Crippen LogP contribution >= 0.6 is 0 Å². The summed E-state index contributed by atoms with van der Waals surface area (Å²) in [6.07, 6.45) is 3.39. The molecule has 0 atom stereocenters. The Morgan fingerprint density at radius 3 is 2.29 bits per heavy atom. The zero-order valence-corrected chi connectivity index (χ0v) is 9.46. The van der Waals surface area contributed by atoms with Gasteiger partial charge in [0.2, 0.25) is 5.95 Å². The van der Waals surface area contributed by atoms with Crippen molar-refractivity contribution >= 4 is 17.5 Å². The molecule has 1 aromatic carbocycles. The normalized spacial score (nSPS) is 9.94. The van der Waals surface area contributed by atoms with Crippen molar-refractivity contribution in [3.05, 3.63) is 48.3 Å². The van der Waals surface area contributed by atoms with Crippen LogP contribution in [0.25, 0.3) is 0 Å². The van der Waals surface area contributed by atoms with Crippen LogP contribution in [0.2, 0.25) is 0 Å². The molecular formula is C12H13N5. The lowest BCUT2D eigenvalue weighted by molar-refractivity contribution is 1.04. The average molecular weight is 227 g/mol. The number of rotatable bonds is 3. The summed E-state index contributed by atoms with van der Waals surface area (Å²) in [5.74, 6) is 0.693. The third kappa shape index (κ3) is 2.39. The second-order valence-electron chi connectivity index (χ2n) is 3.57. The number of nitrogens with zero attached hydrogens (tertiary/aromatic N) is 3. The molecule has 0 saturated carbocycles. The first-order chi connectivity index (χ1) is 8.18. The van der Waals surface area contributed by atoms with Crippen LogP contribution in [-0.2, 0) is 0 Å². The Balaban J connectivity index is 2.26. The molecule has 2 aromatic rings. The molecule has 0 aliphatic heterocycles. The van der Waals surface area contributed by atoms with Crippen molar-refractivity contribution in [2.45, 2.75) is 0 Å². The minimum absolute atomic E-state index is 0.0650. The van der Waals surface area contributed by atoms with Gasteiger partial charge in [-0.15, -0.1) is 0 Å². The highest BCUT2D eigenvalue weighted by Gasteiger charge is 2.06. The van der Waals surface area contributed by atoms with Crippen molar-refractivity contribution in [3.8, 4) is 0 Å². The maximum atomic E-state index is 7.32.